The maximum absolute atomic E-state index is 13.1. The van der Waals surface area contributed by atoms with Crippen LogP contribution in [0.4, 0.5) is 34.1 Å². The lowest BCUT2D eigenvalue weighted by Crippen LogP contribution is -2.41. The highest BCUT2D eigenvalue weighted by Crippen LogP contribution is 2.45. The molecule has 8 aromatic rings. The van der Waals surface area contributed by atoms with Crippen molar-refractivity contribution in [2.24, 2.45) is 4.99 Å². The topological polar surface area (TPSA) is 104 Å². The van der Waals surface area contributed by atoms with Gasteiger partial charge in [0.1, 0.15) is 11.0 Å². The number of nitrogens with zero attached hydrogens (tertiary/aromatic N) is 8. The number of rotatable bonds is 23. The van der Waals surface area contributed by atoms with E-state index in [0.717, 1.165) is 126 Å². The summed E-state index contributed by atoms with van der Waals surface area (Å²) in [5, 5.41) is 6.25. The first-order chi connectivity index (χ1) is 40.6. The number of unbranched alkanes of at least 4 members (excludes halogenated alkanes) is 6. The number of amides is 2. The smallest absolute Gasteiger partial charge is 0.251 e. The second kappa shape index (κ2) is 26.2. The van der Waals surface area contributed by atoms with Crippen molar-refractivity contribution in [2.45, 2.75) is 85.1 Å². The number of nitrogens with one attached hydrogen (secondary N) is 2. The number of aromatic nitrogens is 2. The zero-order valence-corrected chi connectivity index (χ0v) is 51.0. The highest BCUT2D eigenvalue weighted by Gasteiger charge is 2.34. The zero-order valence-electron chi connectivity index (χ0n) is 51.0. The van der Waals surface area contributed by atoms with Crippen LogP contribution >= 0.6 is 0 Å². The Hall–Kier alpha value is -8.77. The number of aliphatic imine (C=N–C) groups is 1. The maximum atomic E-state index is 13.1. The van der Waals surface area contributed by atoms with E-state index < -0.39 is 0 Å². The van der Waals surface area contributed by atoms with Crippen molar-refractivity contribution in [2.75, 3.05) is 88.1 Å². The van der Waals surface area contributed by atoms with E-state index in [9.17, 15) is 9.59 Å². The molecule has 0 radical (unpaired) electrons. The molecule has 2 N–H and O–H groups in total. The van der Waals surface area contributed by atoms with Gasteiger partial charge >= 0.3 is 0 Å². The van der Waals surface area contributed by atoms with Gasteiger partial charge in [-0.3, -0.25) is 9.59 Å². The molecule has 7 aromatic carbocycles. The predicted octanol–water partition coefficient (Wildman–Crippen LogP) is 14.2. The number of likely N-dealkylation sites (N-methyl/N-ethyl adjacent to an activating group) is 1. The number of carbonyl (C=O) groups is 2. The molecule has 0 spiro atoms. The van der Waals surface area contributed by atoms with Crippen LogP contribution in [0.2, 0.25) is 0 Å². The Morgan fingerprint density at radius 3 is 1.58 bits per heavy atom. The summed E-state index contributed by atoms with van der Waals surface area (Å²) in [5.74, 6) is -0.127. The number of fused-ring (bicyclic) bond motifs is 4. The quantitative estimate of drug-likeness (QED) is 0.0371. The minimum atomic E-state index is -0.0643. The maximum Gasteiger partial charge on any atom is 0.251 e. The lowest BCUT2D eigenvalue weighted by molar-refractivity contribution is -0.538. The molecule has 12 nitrogen and oxygen atoms in total. The number of benzene rings is 7. The first-order valence-corrected chi connectivity index (χ1v) is 30.0. The normalized spacial score (nSPS) is 13.6. The van der Waals surface area contributed by atoms with Gasteiger partial charge in [0.25, 0.3) is 11.8 Å². The van der Waals surface area contributed by atoms with Crippen LogP contribution in [-0.2, 0) is 0 Å². The summed E-state index contributed by atoms with van der Waals surface area (Å²) in [6, 6.07) is 50.1. The van der Waals surface area contributed by atoms with Gasteiger partial charge in [-0.05, 0) is 160 Å². The molecule has 2 heterocycles. The second-order valence-electron chi connectivity index (χ2n) is 23.4. The molecule has 0 bridgehead atoms. The Balaban J connectivity index is 0.633. The Morgan fingerprint density at radius 2 is 1.02 bits per heavy atom. The van der Waals surface area contributed by atoms with Gasteiger partial charge < -0.3 is 35.1 Å². The Morgan fingerprint density at radius 1 is 0.536 bits per heavy atom. The van der Waals surface area contributed by atoms with Gasteiger partial charge in [-0.2, -0.15) is 0 Å². The summed E-state index contributed by atoms with van der Waals surface area (Å²) in [6.07, 6.45) is 12.8. The molecule has 0 fully saturated rings. The molecule has 1 aromatic heterocycles. The number of carbonyl (C=O) groups excluding carboxylic acids is 2. The molecule has 432 valence electrons. The zero-order chi connectivity index (χ0) is 59.0. The van der Waals surface area contributed by atoms with Crippen molar-refractivity contribution >= 4 is 73.7 Å². The molecule has 12 heteroatoms. The molecule has 10 rings (SSSR count). The number of para-hydroxylation sites is 2. The van der Waals surface area contributed by atoms with Gasteiger partial charge in [0.2, 0.25) is 16.7 Å². The third kappa shape index (κ3) is 13.0. The van der Waals surface area contributed by atoms with Crippen LogP contribution in [0.25, 0.3) is 38.9 Å². The van der Waals surface area contributed by atoms with Gasteiger partial charge in [0, 0.05) is 132 Å². The average Bonchev–Trinajstić information content (AvgIpc) is 1.60. The molecular formula is C72H83N10O2+. The highest BCUT2D eigenvalue weighted by atomic mass is 16.2. The Kier molecular flexibility index (Phi) is 18.2. The van der Waals surface area contributed by atoms with E-state index in [4.69, 9.17) is 9.98 Å². The van der Waals surface area contributed by atoms with Gasteiger partial charge in [-0.15, -0.1) is 4.57 Å². The van der Waals surface area contributed by atoms with E-state index >= 15 is 0 Å². The SMILES string of the molecule is CC1=CC2=Nc3cc(C)c(N(C)C)cc3N(c3ccccc3)C2C=C1N(C)CCCCCCNC(=O)c1ccc(-c2ccc(C(=O)NCCCCCCN(C)c3cc4c(cc3C)nc3cc(C)c(N(C)C)cc3[n+]4-c3ccccc3)cc2)cc1. The monoisotopic (exact) mass is 1120 g/mol. The summed E-state index contributed by atoms with van der Waals surface area (Å²) in [5.41, 5.74) is 22.5. The number of anilines is 5. The second-order valence-corrected chi connectivity index (χ2v) is 23.4. The van der Waals surface area contributed by atoms with Crippen molar-refractivity contribution in [1.29, 1.82) is 0 Å². The Labute approximate surface area is 497 Å². The third-order valence-electron chi connectivity index (χ3n) is 16.7. The van der Waals surface area contributed by atoms with Crippen molar-refractivity contribution in [3.63, 3.8) is 0 Å². The average molecular weight is 1120 g/mol. The first-order valence-electron chi connectivity index (χ1n) is 30.0. The van der Waals surface area contributed by atoms with E-state index in [1.807, 2.05) is 48.5 Å². The fraction of sp³-hybridized carbons (Fsp3) is 0.319. The van der Waals surface area contributed by atoms with Gasteiger partial charge in [0.05, 0.1) is 23.1 Å². The molecule has 0 saturated heterocycles. The molecule has 2 aliphatic rings. The molecule has 1 aliphatic heterocycles. The van der Waals surface area contributed by atoms with E-state index in [1.165, 1.54) is 45.0 Å². The Bertz CT molecular complexity index is 3760. The van der Waals surface area contributed by atoms with Crippen LogP contribution in [0.15, 0.2) is 174 Å². The van der Waals surface area contributed by atoms with E-state index in [2.05, 4.69) is 219 Å². The lowest BCUT2D eigenvalue weighted by Gasteiger charge is -2.40. The summed E-state index contributed by atoms with van der Waals surface area (Å²) >= 11 is 0. The molecule has 84 heavy (non-hydrogen) atoms. The van der Waals surface area contributed by atoms with Crippen molar-refractivity contribution in [3.05, 3.63) is 197 Å². The molecular weight excluding hydrogens is 1040 g/mol. The van der Waals surface area contributed by atoms with E-state index in [0.29, 0.717) is 24.2 Å². The van der Waals surface area contributed by atoms with E-state index in [1.54, 1.807) is 0 Å². The fourth-order valence-electron chi connectivity index (χ4n) is 12.1. The van der Waals surface area contributed by atoms with Crippen LogP contribution < -0.4 is 34.8 Å². The minimum absolute atomic E-state index is 0.0184. The van der Waals surface area contributed by atoms with Crippen molar-refractivity contribution in [3.8, 4) is 16.8 Å². The van der Waals surface area contributed by atoms with Crippen LogP contribution in [0.5, 0.6) is 0 Å². The number of aryl methyl sites for hydroxylation is 3. The number of hydrogen-bond donors (Lipinski definition) is 2. The van der Waals surface area contributed by atoms with Crippen LogP contribution in [-0.4, -0.2) is 102 Å². The lowest BCUT2D eigenvalue weighted by atomic mass is 9.93. The predicted molar refractivity (Wildman–Crippen MR) is 351 cm³/mol. The van der Waals surface area contributed by atoms with Crippen molar-refractivity contribution in [1.82, 2.24) is 20.5 Å². The largest absolute Gasteiger partial charge is 0.377 e. The molecule has 1 aliphatic carbocycles. The molecule has 0 saturated carbocycles. The fourth-order valence-corrected chi connectivity index (χ4v) is 12.1. The van der Waals surface area contributed by atoms with Gasteiger partial charge in [-0.1, -0.05) is 86.3 Å². The number of allylic oxidation sites excluding steroid dienone is 1. The summed E-state index contributed by atoms with van der Waals surface area (Å²) in [6.45, 7) is 11.8. The summed E-state index contributed by atoms with van der Waals surface area (Å²) in [7, 11) is 12.8. The summed E-state index contributed by atoms with van der Waals surface area (Å²) in [4.78, 5) is 48.2. The van der Waals surface area contributed by atoms with E-state index in [-0.39, 0.29) is 17.9 Å². The first kappa shape index (κ1) is 58.4. The highest BCUT2D eigenvalue weighted by molar-refractivity contribution is 6.11. The van der Waals surface area contributed by atoms with Crippen LogP contribution in [0, 0.1) is 20.8 Å². The molecule has 2 amide bonds. The minimum Gasteiger partial charge on any atom is -0.377 e. The molecule has 1 unspecified atom stereocenters. The summed E-state index contributed by atoms with van der Waals surface area (Å²) < 4.78 is 2.35. The standard InChI is InChI=1S/C72H82N10O2/c1-49-41-59-67(45-63(49)77(5)6)81(57-25-17-15-18-26-57)69-47-65(51(3)43-61(69)75-59)79(9)39-23-13-11-21-37-73-71(83)55-33-29-53(30-34-55)54-31-35-56(36-32-54)72(84)74-38-22-12-14-24-40-80(10)66-48-70-62(44-52(66)4)76-60-42-50(2)64(78(7)8)46-68(60)82(70)58-27-19-16-20-28-58/h15-20,25-36,41-48,69H,11-14,21-24,37-40H2,1-10H3,(H-,73,74,83,84)/p+1. The van der Waals surface area contributed by atoms with Crippen molar-refractivity contribution < 1.29 is 14.2 Å². The molecule has 1 atom stereocenters. The number of hydrogen-bond acceptors (Lipinski definition) is 9. The van der Waals surface area contributed by atoms with Gasteiger partial charge in [-0.25, -0.2) is 9.98 Å². The van der Waals surface area contributed by atoms with Crippen LogP contribution in [0.1, 0.15) is 95.7 Å². The van der Waals surface area contributed by atoms with Gasteiger partial charge in [0.15, 0.2) is 0 Å². The third-order valence-corrected chi connectivity index (χ3v) is 16.7. The van der Waals surface area contributed by atoms with Crippen LogP contribution in [0.3, 0.4) is 0 Å².